The van der Waals surface area contributed by atoms with E-state index in [0.717, 1.165) is 5.56 Å². The molecule has 5 heteroatoms. The van der Waals surface area contributed by atoms with Crippen LogP contribution in [-0.2, 0) is 6.61 Å². The van der Waals surface area contributed by atoms with Crippen LogP contribution in [0.3, 0.4) is 0 Å². The smallest absolute Gasteiger partial charge is 0.189 e. The molecule has 0 bridgehead atoms. The summed E-state index contributed by atoms with van der Waals surface area (Å²) in [6, 6.07) is 16.2. The third-order valence-corrected chi connectivity index (χ3v) is 4.45. The molecule has 27 heavy (non-hydrogen) atoms. The molecule has 0 saturated carbocycles. The summed E-state index contributed by atoms with van der Waals surface area (Å²) in [7, 11) is 1.54. The van der Waals surface area contributed by atoms with Crippen molar-refractivity contribution in [2.45, 2.75) is 13.5 Å². The van der Waals surface area contributed by atoms with Crippen molar-refractivity contribution in [2.75, 3.05) is 7.11 Å². The van der Waals surface area contributed by atoms with E-state index >= 15 is 0 Å². The SMILES string of the molecule is COc1ccccc1C(=O)/C=C/c1ccc(COc2cccc(Cl)c2C)o1. The van der Waals surface area contributed by atoms with Crippen molar-refractivity contribution in [1.29, 1.82) is 0 Å². The van der Waals surface area contributed by atoms with Crippen LogP contribution in [0.4, 0.5) is 0 Å². The third kappa shape index (κ3) is 4.60. The number of furan rings is 1. The first-order valence-electron chi connectivity index (χ1n) is 8.40. The number of hydrogen-bond acceptors (Lipinski definition) is 4. The van der Waals surface area contributed by atoms with Crippen LogP contribution in [0.1, 0.15) is 27.4 Å². The quantitative estimate of drug-likeness (QED) is 0.387. The Hall–Kier alpha value is -2.98. The van der Waals surface area contributed by atoms with Gasteiger partial charge in [-0.3, -0.25) is 4.79 Å². The topological polar surface area (TPSA) is 48.7 Å². The van der Waals surface area contributed by atoms with Crippen LogP contribution >= 0.6 is 11.6 Å². The van der Waals surface area contributed by atoms with Gasteiger partial charge < -0.3 is 13.9 Å². The van der Waals surface area contributed by atoms with Crippen LogP contribution in [0, 0.1) is 6.92 Å². The van der Waals surface area contributed by atoms with Crippen molar-refractivity contribution in [3.05, 3.63) is 88.3 Å². The molecular formula is C22H19ClO4. The molecule has 1 aromatic heterocycles. The average Bonchev–Trinajstić information content (AvgIpc) is 3.15. The van der Waals surface area contributed by atoms with Gasteiger partial charge in [0.05, 0.1) is 12.7 Å². The molecule has 0 amide bonds. The van der Waals surface area contributed by atoms with Gasteiger partial charge in [0, 0.05) is 10.6 Å². The molecule has 0 aliphatic rings. The van der Waals surface area contributed by atoms with Gasteiger partial charge in [0.15, 0.2) is 5.78 Å². The zero-order valence-electron chi connectivity index (χ0n) is 15.1. The maximum absolute atomic E-state index is 12.3. The van der Waals surface area contributed by atoms with Crippen molar-refractivity contribution in [3.8, 4) is 11.5 Å². The largest absolute Gasteiger partial charge is 0.496 e. The van der Waals surface area contributed by atoms with E-state index in [0.29, 0.717) is 33.6 Å². The first-order chi connectivity index (χ1) is 13.1. The molecule has 138 valence electrons. The number of hydrogen-bond donors (Lipinski definition) is 0. The number of halogens is 1. The monoisotopic (exact) mass is 382 g/mol. The Morgan fingerprint density at radius 1 is 1.07 bits per heavy atom. The fourth-order valence-corrected chi connectivity index (χ4v) is 2.72. The number of methoxy groups -OCH3 is 1. The summed E-state index contributed by atoms with van der Waals surface area (Å²) >= 11 is 6.09. The maximum Gasteiger partial charge on any atom is 0.189 e. The number of benzene rings is 2. The highest BCUT2D eigenvalue weighted by molar-refractivity contribution is 6.31. The summed E-state index contributed by atoms with van der Waals surface area (Å²) in [6.07, 6.45) is 3.09. The number of carbonyl (C=O) groups excluding carboxylic acids is 1. The molecule has 0 fully saturated rings. The summed E-state index contributed by atoms with van der Waals surface area (Å²) in [4.78, 5) is 12.3. The van der Waals surface area contributed by atoms with E-state index in [1.54, 1.807) is 30.3 Å². The van der Waals surface area contributed by atoms with Gasteiger partial charge in [-0.15, -0.1) is 0 Å². The van der Waals surface area contributed by atoms with E-state index in [2.05, 4.69) is 0 Å². The summed E-state index contributed by atoms with van der Waals surface area (Å²) < 4.78 is 16.7. The summed E-state index contributed by atoms with van der Waals surface area (Å²) in [5.41, 5.74) is 1.39. The van der Waals surface area contributed by atoms with E-state index in [1.807, 2.05) is 37.3 Å². The van der Waals surface area contributed by atoms with E-state index in [-0.39, 0.29) is 12.4 Å². The Labute approximate surface area is 163 Å². The van der Waals surface area contributed by atoms with E-state index in [1.165, 1.54) is 13.2 Å². The second-order valence-corrected chi connectivity index (χ2v) is 6.26. The fraction of sp³-hybridized carbons (Fsp3) is 0.136. The highest BCUT2D eigenvalue weighted by Gasteiger charge is 2.09. The standard InChI is InChI=1S/C22H19ClO4/c1-15-19(23)7-5-9-21(15)26-14-17-11-10-16(27-17)12-13-20(24)18-6-3-4-8-22(18)25-2/h3-13H,14H2,1-2H3/b13-12+. The minimum Gasteiger partial charge on any atom is -0.496 e. The highest BCUT2D eigenvalue weighted by atomic mass is 35.5. The Morgan fingerprint density at radius 2 is 1.85 bits per heavy atom. The maximum atomic E-state index is 12.3. The lowest BCUT2D eigenvalue weighted by Crippen LogP contribution is -1.98. The van der Waals surface area contributed by atoms with Crippen LogP contribution < -0.4 is 9.47 Å². The Kier molecular flexibility index (Phi) is 5.99. The lowest BCUT2D eigenvalue weighted by Gasteiger charge is -2.08. The minimum absolute atomic E-state index is 0.156. The van der Waals surface area contributed by atoms with E-state index in [9.17, 15) is 4.79 Å². The van der Waals surface area contributed by atoms with Gasteiger partial charge in [0.1, 0.15) is 29.6 Å². The van der Waals surface area contributed by atoms with Crippen LogP contribution in [0.15, 0.2) is 65.1 Å². The lowest BCUT2D eigenvalue weighted by molar-refractivity contribution is 0.104. The molecule has 0 atom stereocenters. The summed E-state index contributed by atoms with van der Waals surface area (Å²) in [5.74, 6) is 2.31. The first kappa shape index (κ1) is 18.8. The third-order valence-electron chi connectivity index (χ3n) is 4.04. The van der Waals surface area contributed by atoms with Crippen LogP contribution in [0.2, 0.25) is 5.02 Å². The Balaban J connectivity index is 1.64. The molecule has 0 radical (unpaired) electrons. The fourth-order valence-electron chi connectivity index (χ4n) is 2.55. The van der Waals surface area contributed by atoms with Gasteiger partial charge in [0.25, 0.3) is 0 Å². The number of carbonyl (C=O) groups is 1. The first-order valence-corrected chi connectivity index (χ1v) is 8.78. The second kappa shape index (κ2) is 8.60. The molecule has 0 aliphatic carbocycles. The normalized spacial score (nSPS) is 10.9. The molecule has 0 unspecified atom stereocenters. The summed E-state index contributed by atoms with van der Waals surface area (Å²) in [5, 5.41) is 0.658. The number of ether oxygens (including phenoxy) is 2. The van der Waals surface area contributed by atoms with Crippen molar-refractivity contribution < 1.29 is 18.7 Å². The predicted molar refractivity (Wildman–Crippen MR) is 106 cm³/mol. The predicted octanol–water partition coefficient (Wildman–Crippen LogP) is 5.73. The zero-order valence-corrected chi connectivity index (χ0v) is 15.8. The summed E-state index contributed by atoms with van der Waals surface area (Å²) in [6.45, 7) is 2.17. The van der Waals surface area contributed by atoms with Crippen molar-refractivity contribution in [2.24, 2.45) is 0 Å². The molecule has 0 N–H and O–H groups in total. The molecule has 0 saturated heterocycles. The van der Waals surface area contributed by atoms with Crippen molar-refractivity contribution in [3.63, 3.8) is 0 Å². The molecule has 1 heterocycles. The second-order valence-electron chi connectivity index (χ2n) is 5.85. The van der Waals surface area contributed by atoms with Crippen molar-refractivity contribution >= 4 is 23.5 Å². The van der Waals surface area contributed by atoms with Gasteiger partial charge in [-0.05, 0) is 55.5 Å². The van der Waals surface area contributed by atoms with Crippen molar-refractivity contribution in [1.82, 2.24) is 0 Å². The molecule has 2 aromatic carbocycles. The molecule has 3 rings (SSSR count). The van der Waals surface area contributed by atoms with Gasteiger partial charge in [-0.2, -0.15) is 0 Å². The number of para-hydroxylation sites is 1. The van der Waals surface area contributed by atoms with Gasteiger partial charge in [-0.1, -0.05) is 29.8 Å². The van der Waals surface area contributed by atoms with Gasteiger partial charge in [0.2, 0.25) is 0 Å². The Morgan fingerprint density at radius 3 is 2.67 bits per heavy atom. The molecule has 3 aromatic rings. The number of ketones is 1. The molecule has 4 nitrogen and oxygen atoms in total. The van der Waals surface area contributed by atoms with Gasteiger partial charge in [-0.25, -0.2) is 0 Å². The van der Waals surface area contributed by atoms with E-state index in [4.69, 9.17) is 25.5 Å². The number of rotatable bonds is 7. The Bertz CT molecular complexity index is 972. The van der Waals surface area contributed by atoms with Gasteiger partial charge >= 0.3 is 0 Å². The zero-order chi connectivity index (χ0) is 19.2. The minimum atomic E-state index is -0.156. The molecule has 0 aliphatic heterocycles. The average molecular weight is 383 g/mol. The highest BCUT2D eigenvalue weighted by Crippen LogP contribution is 2.26. The van der Waals surface area contributed by atoms with Crippen LogP contribution in [0.5, 0.6) is 11.5 Å². The van der Waals surface area contributed by atoms with Crippen LogP contribution in [-0.4, -0.2) is 12.9 Å². The molecule has 0 spiro atoms. The molecular weight excluding hydrogens is 364 g/mol. The van der Waals surface area contributed by atoms with E-state index < -0.39 is 0 Å². The lowest BCUT2D eigenvalue weighted by atomic mass is 10.1. The number of allylic oxidation sites excluding steroid dienone is 1. The van der Waals surface area contributed by atoms with Crippen LogP contribution in [0.25, 0.3) is 6.08 Å².